The molecule has 1 heterocycles. The van der Waals surface area contributed by atoms with E-state index in [0.717, 1.165) is 26.5 Å². The zero-order valence-corrected chi connectivity index (χ0v) is 12.4. The van der Waals surface area contributed by atoms with Gasteiger partial charge in [-0.1, -0.05) is 12.1 Å². The molecule has 3 aromatic rings. The van der Waals surface area contributed by atoms with Gasteiger partial charge in [0.25, 0.3) is 0 Å². The molecule has 1 aromatic heterocycles. The fraction of sp³-hybridized carbons (Fsp3) is 0.125. The van der Waals surface area contributed by atoms with Crippen LogP contribution < -0.4 is 4.74 Å². The first kappa shape index (κ1) is 13.6. The Morgan fingerprint density at radius 3 is 2.76 bits per heavy atom. The van der Waals surface area contributed by atoms with Gasteiger partial charge >= 0.3 is 5.97 Å². The number of fused-ring (bicyclic) bond motifs is 1. The average molecular weight is 299 g/mol. The number of benzene rings is 2. The quantitative estimate of drug-likeness (QED) is 0.691. The van der Waals surface area contributed by atoms with Gasteiger partial charge in [0.15, 0.2) is 0 Å². The Kier molecular flexibility index (Phi) is 3.58. The number of rotatable bonds is 3. The minimum atomic E-state index is -0.348. The molecule has 0 bridgehead atoms. The fourth-order valence-electron chi connectivity index (χ4n) is 2.05. The molecular weight excluding hydrogens is 286 g/mol. The third-order valence-corrected chi connectivity index (χ3v) is 4.19. The number of ether oxygens (including phenoxy) is 2. The summed E-state index contributed by atoms with van der Waals surface area (Å²) in [5.74, 6) is 0.459. The lowest BCUT2D eigenvalue weighted by Gasteiger charge is -2.00. The van der Waals surface area contributed by atoms with Gasteiger partial charge in [0.05, 0.1) is 30.0 Å². The lowest BCUT2D eigenvalue weighted by atomic mass is 10.1. The van der Waals surface area contributed by atoms with Crippen molar-refractivity contribution in [3.63, 3.8) is 0 Å². The van der Waals surface area contributed by atoms with E-state index >= 15 is 0 Å². The zero-order valence-electron chi connectivity index (χ0n) is 11.6. The van der Waals surface area contributed by atoms with Gasteiger partial charge in [0.1, 0.15) is 10.8 Å². The lowest BCUT2D eigenvalue weighted by Crippen LogP contribution is -2.00. The van der Waals surface area contributed by atoms with Crippen molar-refractivity contribution < 1.29 is 14.3 Å². The summed E-state index contributed by atoms with van der Waals surface area (Å²) in [6.07, 6.45) is 0. The monoisotopic (exact) mass is 299 g/mol. The van der Waals surface area contributed by atoms with Crippen LogP contribution in [0.3, 0.4) is 0 Å². The average Bonchev–Trinajstić information content (AvgIpc) is 2.97. The third-order valence-electron chi connectivity index (χ3n) is 3.13. The maximum atomic E-state index is 11.6. The van der Waals surface area contributed by atoms with Crippen LogP contribution in [-0.4, -0.2) is 25.2 Å². The number of aromatic nitrogens is 1. The van der Waals surface area contributed by atoms with Crippen LogP contribution in [0.1, 0.15) is 10.4 Å². The van der Waals surface area contributed by atoms with E-state index in [4.69, 9.17) is 9.47 Å². The Morgan fingerprint density at radius 1 is 1.14 bits per heavy atom. The summed E-state index contributed by atoms with van der Waals surface area (Å²) in [6.45, 7) is 0. The van der Waals surface area contributed by atoms with Crippen molar-refractivity contribution >= 4 is 27.5 Å². The molecule has 0 spiro atoms. The molecule has 106 valence electrons. The summed E-state index contributed by atoms with van der Waals surface area (Å²) in [5.41, 5.74) is 2.34. The number of nitrogens with zero attached hydrogens (tertiary/aromatic N) is 1. The van der Waals surface area contributed by atoms with E-state index in [1.54, 1.807) is 30.6 Å². The van der Waals surface area contributed by atoms with E-state index in [0.29, 0.717) is 5.56 Å². The van der Waals surface area contributed by atoms with Crippen LogP contribution in [0, 0.1) is 0 Å². The Balaban J connectivity index is 2.05. The van der Waals surface area contributed by atoms with E-state index in [9.17, 15) is 4.79 Å². The molecule has 0 unspecified atom stereocenters. The summed E-state index contributed by atoms with van der Waals surface area (Å²) in [6, 6.07) is 13.1. The molecule has 3 rings (SSSR count). The Bertz CT molecular complexity index is 810. The van der Waals surface area contributed by atoms with Crippen molar-refractivity contribution in [1.29, 1.82) is 0 Å². The standard InChI is InChI=1S/C16H13NO3S/c1-19-12-6-7-13-14(9-12)21-15(17-13)10-4-3-5-11(8-10)16(18)20-2/h3-9H,1-2H3. The predicted octanol–water partition coefficient (Wildman–Crippen LogP) is 3.76. The van der Waals surface area contributed by atoms with Crippen LogP contribution >= 0.6 is 11.3 Å². The van der Waals surface area contributed by atoms with Crippen LogP contribution in [0.2, 0.25) is 0 Å². The highest BCUT2D eigenvalue weighted by molar-refractivity contribution is 7.21. The number of carbonyl (C=O) groups excluding carboxylic acids is 1. The Hall–Kier alpha value is -2.40. The first-order chi connectivity index (χ1) is 10.2. The third kappa shape index (κ3) is 2.60. The first-order valence-electron chi connectivity index (χ1n) is 6.34. The summed E-state index contributed by atoms with van der Waals surface area (Å²) < 4.78 is 11.0. The molecule has 0 aliphatic heterocycles. The van der Waals surface area contributed by atoms with Gasteiger partial charge in [-0.3, -0.25) is 0 Å². The molecule has 2 aromatic carbocycles. The van der Waals surface area contributed by atoms with Crippen LogP contribution in [0.15, 0.2) is 42.5 Å². The number of hydrogen-bond donors (Lipinski definition) is 0. The van der Waals surface area contributed by atoms with Gasteiger partial charge in [-0.25, -0.2) is 9.78 Å². The number of methoxy groups -OCH3 is 2. The number of thiazole rings is 1. The van der Waals surface area contributed by atoms with E-state index < -0.39 is 0 Å². The SMILES string of the molecule is COC(=O)c1cccc(-c2nc3ccc(OC)cc3s2)c1. The molecule has 0 N–H and O–H groups in total. The van der Waals surface area contributed by atoms with Gasteiger partial charge in [0.2, 0.25) is 0 Å². The van der Waals surface area contributed by atoms with Gasteiger partial charge in [-0.2, -0.15) is 0 Å². The highest BCUT2D eigenvalue weighted by atomic mass is 32.1. The molecule has 0 fully saturated rings. The summed E-state index contributed by atoms with van der Waals surface area (Å²) in [7, 11) is 3.02. The summed E-state index contributed by atoms with van der Waals surface area (Å²) in [5, 5.41) is 0.865. The highest BCUT2D eigenvalue weighted by Gasteiger charge is 2.10. The second-order valence-electron chi connectivity index (χ2n) is 4.43. The van der Waals surface area contributed by atoms with Crippen molar-refractivity contribution in [2.24, 2.45) is 0 Å². The van der Waals surface area contributed by atoms with Crippen molar-refractivity contribution in [2.45, 2.75) is 0 Å². The van der Waals surface area contributed by atoms with Crippen molar-refractivity contribution in [2.75, 3.05) is 14.2 Å². The number of esters is 1. The maximum absolute atomic E-state index is 11.6. The molecule has 0 aliphatic rings. The highest BCUT2D eigenvalue weighted by Crippen LogP contribution is 2.32. The summed E-state index contributed by atoms with van der Waals surface area (Å²) >= 11 is 1.56. The largest absolute Gasteiger partial charge is 0.497 e. The van der Waals surface area contributed by atoms with Gasteiger partial charge < -0.3 is 9.47 Å². The molecule has 0 radical (unpaired) electrons. The number of carbonyl (C=O) groups is 1. The van der Waals surface area contributed by atoms with Crippen LogP contribution in [0.5, 0.6) is 5.75 Å². The molecule has 0 amide bonds. The second kappa shape index (κ2) is 5.54. The van der Waals surface area contributed by atoms with Gasteiger partial charge in [0, 0.05) is 5.56 Å². The molecule has 0 saturated heterocycles. The Labute approximate surface area is 126 Å². The number of hydrogen-bond acceptors (Lipinski definition) is 5. The van der Waals surface area contributed by atoms with Crippen LogP contribution in [-0.2, 0) is 4.74 Å². The molecule has 5 heteroatoms. The predicted molar refractivity (Wildman–Crippen MR) is 82.9 cm³/mol. The van der Waals surface area contributed by atoms with Gasteiger partial charge in [-0.05, 0) is 30.3 Å². The smallest absolute Gasteiger partial charge is 0.337 e. The molecule has 4 nitrogen and oxygen atoms in total. The topological polar surface area (TPSA) is 48.4 Å². The van der Waals surface area contributed by atoms with E-state index in [-0.39, 0.29) is 5.97 Å². The first-order valence-corrected chi connectivity index (χ1v) is 7.16. The molecule has 21 heavy (non-hydrogen) atoms. The molecule has 0 aliphatic carbocycles. The van der Waals surface area contributed by atoms with E-state index in [1.165, 1.54) is 7.11 Å². The minimum Gasteiger partial charge on any atom is -0.497 e. The van der Waals surface area contributed by atoms with Crippen molar-refractivity contribution in [1.82, 2.24) is 4.98 Å². The minimum absolute atomic E-state index is 0.348. The van der Waals surface area contributed by atoms with Gasteiger partial charge in [-0.15, -0.1) is 11.3 Å². The van der Waals surface area contributed by atoms with Crippen LogP contribution in [0.4, 0.5) is 0 Å². The normalized spacial score (nSPS) is 10.6. The molecule has 0 saturated carbocycles. The molecular formula is C16H13NO3S. The van der Waals surface area contributed by atoms with Crippen molar-refractivity contribution in [3.05, 3.63) is 48.0 Å². The second-order valence-corrected chi connectivity index (χ2v) is 5.46. The van der Waals surface area contributed by atoms with E-state index in [2.05, 4.69) is 4.98 Å². The summed E-state index contributed by atoms with van der Waals surface area (Å²) in [4.78, 5) is 16.2. The van der Waals surface area contributed by atoms with Crippen molar-refractivity contribution in [3.8, 4) is 16.3 Å². The maximum Gasteiger partial charge on any atom is 0.337 e. The molecule has 0 atom stereocenters. The fourth-order valence-corrected chi connectivity index (χ4v) is 3.04. The Morgan fingerprint density at radius 2 is 2.00 bits per heavy atom. The van der Waals surface area contributed by atoms with E-state index in [1.807, 2.05) is 30.3 Å². The zero-order chi connectivity index (χ0) is 14.8. The lowest BCUT2D eigenvalue weighted by molar-refractivity contribution is 0.0601. The van der Waals surface area contributed by atoms with Crippen LogP contribution in [0.25, 0.3) is 20.8 Å².